The van der Waals surface area contributed by atoms with Crippen molar-refractivity contribution in [1.29, 1.82) is 0 Å². The molecule has 1 rings (SSSR count). The first-order chi connectivity index (χ1) is 6.92. The van der Waals surface area contributed by atoms with Gasteiger partial charge in [-0.15, -0.1) is 0 Å². The van der Waals surface area contributed by atoms with Gasteiger partial charge in [-0.1, -0.05) is 20.8 Å². The molecule has 0 aliphatic rings. The molecule has 15 heavy (non-hydrogen) atoms. The van der Waals surface area contributed by atoms with Gasteiger partial charge in [0.05, 0.1) is 0 Å². The molecular weight excluding hydrogens is 186 g/mol. The Labute approximate surface area is 92.3 Å². The zero-order valence-corrected chi connectivity index (χ0v) is 10.1. The highest BCUT2D eigenvalue weighted by Gasteiger charge is 2.14. The lowest BCUT2D eigenvalue weighted by Crippen LogP contribution is -2.29. The molecule has 2 N–H and O–H groups in total. The molecule has 0 aliphatic heterocycles. The molecule has 1 aromatic rings. The van der Waals surface area contributed by atoms with Crippen LogP contribution in [0.25, 0.3) is 0 Å². The number of nitrogens with zero attached hydrogens (tertiary/aromatic N) is 2. The summed E-state index contributed by atoms with van der Waals surface area (Å²) in [6.45, 7) is 8.20. The van der Waals surface area contributed by atoms with E-state index in [1.807, 2.05) is 18.3 Å². The van der Waals surface area contributed by atoms with Crippen LogP contribution in [0.4, 0.5) is 5.82 Å². The monoisotopic (exact) mass is 207 g/mol. The van der Waals surface area contributed by atoms with E-state index in [2.05, 4.69) is 37.7 Å². The van der Waals surface area contributed by atoms with Gasteiger partial charge in [-0.25, -0.2) is 4.98 Å². The minimum absolute atomic E-state index is 0.273. The minimum atomic E-state index is 0.273. The van der Waals surface area contributed by atoms with Gasteiger partial charge in [0.25, 0.3) is 0 Å². The van der Waals surface area contributed by atoms with Gasteiger partial charge in [-0.3, -0.25) is 0 Å². The van der Waals surface area contributed by atoms with E-state index in [9.17, 15) is 0 Å². The SMILES string of the molecule is CN(CC(C)(C)C)c1cc(CN)ccn1. The van der Waals surface area contributed by atoms with Crippen molar-refractivity contribution < 1.29 is 0 Å². The third-order valence-electron chi connectivity index (χ3n) is 2.15. The Morgan fingerprint density at radius 3 is 2.60 bits per heavy atom. The van der Waals surface area contributed by atoms with Gasteiger partial charge in [0, 0.05) is 26.3 Å². The van der Waals surface area contributed by atoms with Gasteiger partial charge >= 0.3 is 0 Å². The second kappa shape index (κ2) is 4.62. The van der Waals surface area contributed by atoms with Crippen LogP contribution in [0.1, 0.15) is 26.3 Å². The topological polar surface area (TPSA) is 42.1 Å². The van der Waals surface area contributed by atoms with E-state index in [1.165, 1.54) is 0 Å². The zero-order chi connectivity index (χ0) is 11.5. The highest BCUT2D eigenvalue weighted by molar-refractivity contribution is 5.40. The van der Waals surface area contributed by atoms with Crippen molar-refractivity contribution in [2.75, 3.05) is 18.5 Å². The van der Waals surface area contributed by atoms with Gasteiger partial charge in [-0.2, -0.15) is 0 Å². The highest BCUT2D eigenvalue weighted by Crippen LogP contribution is 2.18. The van der Waals surface area contributed by atoms with Crippen molar-refractivity contribution in [2.24, 2.45) is 11.1 Å². The summed E-state index contributed by atoms with van der Waals surface area (Å²) in [5.74, 6) is 0.993. The highest BCUT2D eigenvalue weighted by atomic mass is 15.2. The second-order valence-electron chi connectivity index (χ2n) is 5.14. The molecule has 84 valence electrons. The Morgan fingerprint density at radius 1 is 1.40 bits per heavy atom. The van der Waals surface area contributed by atoms with Crippen LogP contribution in [0, 0.1) is 5.41 Å². The molecule has 0 radical (unpaired) electrons. The molecule has 1 aromatic heterocycles. The summed E-state index contributed by atoms with van der Waals surface area (Å²) in [5.41, 5.74) is 7.00. The maximum atomic E-state index is 5.60. The molecule has 0 aliphatic carbocycles. The average Bonchev–Trinajstić information content (AvgIpc) is 2.15. The quantitative estimate of drug-likeness (QED) is 0.824. The lowest BCUT2D eigenvalue weighted by molar-refractivity contribution is 0.418. The van der Waals surface area contributed by atoms with Gasteiger partial charge in [0.1, 0.15) is 5.82 Å². The van der Waals surface area contributed by atoms with Gasteiger partial charge in [-0.05, 0) is 23.1 Å². The molecule has 3 heteroatoms. The zero-order valence-electron chi connectivity index (χ0n) is 10.1. The third kappa shape index (κ3) is 3.88. The molecule has 0 spiro atoms. The first-order valence-corrected chi connectivity index (χ1v) is 5.28. The summed E-state index contributed by atoms with van der Waals surface area (Å²) in [4.78, 5) is 6.51. The number of aromatic nitrogens is 1. The number of hydrogen-bond acceptors (Lipinski definition) is 3. The van der Waals surface area contributed by atoms with Crippen LogP contribution in [0.15, 0.2) is 18.3 Å². The Balaban J connectivity index is 2.77. The number of nitrogens with two attached hydrogens (primary N) is 1. The number of rotatable bonds is 3. The molecule has 1 heterocycles. The van der Waals surface area contributed by atoms with Crippen LogP contribution in [-0.4, -0.2) is 18.6 Å². The fourth-order valence-electron chi connectivity index (χ4n) is 1.59. The van der Waals surface area contributed by atoms with E-state index in [0.29, 0.717) is 6.54 Å². The lowest BCUT2D eigenvalue weighted by Gasteiger charge is -2.27. The Morgan fingerprint density at radius 2 is 2.07 bits per heavy atom. The predicted molar refractivity (Wildman–Crippen MR) is 64.9 cm³/mol. The van der Waals surface area contributed by atoms with E-state index >= 15 is 0 Å². The molecule has 3 nitrogen and oxygen atoms in total. The van der Waals surface area contributed by atoms with Crippen molar-refractivity contribution in [3.05, 3.63) is 23.9 Å². The second-order valence-corrected chi connectivity index (χ2v) is 5.14. The summed E-state index contributed by atoms with van der Waals surface area (Å²) in [5, 5.41) is 0. The maximum absolute atomic E-state index is 5.60. The minimum Gasteiger partial charge on any atom is -0.359 e. The van der Waals surface area contributed by atoms with Crippen molar-refractivity contribution in [3.63, 3.8) is 0 Å². The molecular formula is C12H21N3. The first kappa shape index (κ1) is 12.0. The average molecular weight is 207 g/mol. The van der Waals surface area contributed by atoms with Crippen molar-refractivity contribution >= 4 is 5.82 Å². The van der Waals surface area contributed by atoms with Crippen LogP contribution in [0.2, 0.25) is 0 Å². The Bertz CT molecular complexity index is 315. The standard InChI is InChI=1S/C12H21N3/c1-12(2,3)9-15(4)11-7-10(8-13)5-6-14-11/h5-7H,8-9,13H2,1-4H3. The number of anilines is 1. The van der Waals surface area contributed by atoms with E-state index in [0.717, 1.165) is 17.9 Å². The van der Waals surface area contributed by atoms with E-state index in [1.54, 1.807) is 0 Å². The van der Waals surface area contributed by atoms with Crippen molar-refractivity contribution in [1.82, 2.24) is 4.98 Å². The summed E-state index contributed by atoms with van der Waals surface area (Å²) >= 11 is 0. The number of pyridine rings is 1. The smallest absolute Gasteiger partial charge is 0.128 e. The molecule has 0 saturated carbocycles. The summed E-state index contributed by atoms with van der Waals surface area (Å²) in [6, 6.07) is 4.00. The molecule has 0 fully saturated rings. The van der Waals surface area contributed by atoms with Crippen LogP contribution in [0.5, 0.6) is 0 Å². The summed E-state index contributed by atoms with van der Waals surface area (Å²) < 4.78 is 0. The first-order valence-electron chi connectivity index (χ1n) is 5.28. The van der Waals surface area contributed by atoms with Crippen LogP contribution < -0.4 is 10.6 Å². The van der Waals surface area contributed by atoms with Crippen LogP contribution >= 0.6 is 0 Å². The van der Waals surface area contributed by atoms with Crippen molar-refractivity contribution in [2.45, 2.75) is 27.3 Å². The predicted octanol–water partition coefficient (Wildman–Crippen LogP) is 2.02. The summed E-state index contributed by atoms with van der Waals surface area (Å²) in [7, 11) is 2.06. The van der Waals surface area contributed by atoms with Gasteiger partial charge in [0.15, 0.2) is 0 Å². The lowest BCUT2D eigenvalue weighted by atomic mass is 9.96. The fraction of sp³-hybridized carbons (Fsp3) is 0.583. The van der Waals surface area contributed by atoms with E-state index in [-0.39, 0.29) is 5.41 Å². The van der Waals surface area contributed by atoms with Gasteiger partial charge in [0.2, 0.25) is 0 Å². The number of hydrogen-bond donors (Lipinski definition) is 1. The van der Waals surface area contributed by atoms with E-state index in [4.69, 9.17) is 5.73 Å². The Hall–Kier alpha value is -1.09. The van der Waals surface area contributed by atoms with Crippen molar-refractivity contribution in [3.8, 4) is 0 Å². The molecule has 0 amide bonds. The van der Waals surface area contributed by atoms with Crippen LogP contribution in [0.3, 0.4) is 0 Å². The van der Waals surface area contributed by atoms with Gasteiger partial charge < -0.3 is 10.6 Å². The Kier molecular flexibility index (Phi) is 3.69. The summed E-state index contributed by atoms with van der Waals surface area (Å²) in [6.07, 6.45) is 1.82. The third-order valence-corrected chi connectivity index (χ3v) is 2.15. The van der Waals surface area contributed by atoms with E-state index < -0.39 is 0 Å². The molecule has 0 bridgehead atoms. The molecule has 0 aromatic carbocycles. The fourth-order valence-corrected chi connectivity index (χ4v) is 1.59. The van der Waals surface area contributed by atoms with Crippen LogP contribution in [-0.2, 0) is 6.54 Å². The molecule has 0 atom stereocenters. The normalized spacial score (nSPS) is 11.5. The molecule has 0 saturated heterocycles. The largest absolute Gasteiger partial charge is 0.359 e. The maximum Gasteiger partial charge on any atom is 0.128 e. The molecule has 0 unspecified atom stereocenters.